The predicted molar refractivity (Wildman–Crippen MR) is 53.2 cm³/mol. The van der Waals surface area contributed by atoms with Crippen LogP contribution in [0.5, 0.6) is 5.75 Å². The Labute approximate surface area is 83.3 Å². The van der Waals surface area contributed by atoms with E-state index in [1.54, 1.807) is 12.0 Å². The van der Waals surface area contributed by atoms with Gasteiger partial charge in [-0.25, -0.2) is 0 Å². The van der Waals surface area contributed by atoms with Crippen LogP contribution in [0.15, 0.2) is 18.2 Å². The summed E-state index contributed by atoms with van der Waals surface area (Å²) in [5.74, 6) is 0.883. The van der Waals surface area contributed by atoms with Crippen molar-refractivity contribution in [1.82, 2.24) is 4.90 Å². The lowest BCUT2D eigenvalue weighted by atomic mass is 9.99. The molecule has 0 atom stereocenters. The second-order valence-electron chi connectivity index (χ2n) is 3.42. The molecule has 1 aliphatic heterocycles. The first-order valence-corrected chi connectivity index (χ1v) is 4.69. The molecule has 1 aliphatic rings. The maximum atomic E-state index is 10.7. The summed E-state index contributed by atoms with van der Waals surface area (Å²) in [6.45, 7) is 1.48. The minimum Gasteiger partial charge on any atom is -0.496 e. The van der Waals surface area contributed by atoms with E-state index in [-0.39, 0.29) is 0 Å². The van der Waals surface area contributed by atoms with E-state index >= 15 is 0 Å². The molecular weight excluding hydrogens is 178 g/mol. The van der Waals surface area contributed by atoms with Crippen molar-refractivity contribution in [3.8, 4) is 5.75 Å². The van der Waals surface area contributed by atoms with Crippen molar-refractivity contribution >= 4 is 6.41 Å². The van der Waals surface area contributed by atoms with Crippen LogP contribution in [0.1, 0.15) is 11.1 Å². The molecule has 0 unspecified atom stereocenters. The summed E-state index contributed by atoms with van der Waals surface area (Å²) in [7, 11) is 1.66. The van der Waals surface area contributed by atoms with Crippen LogP contribution in [0.2, 0.25) is 0 Å². The van der Waals surface area contributed by atoms with Crippen molar-refractivity contribution in [2.75, 3.05) is 13.7 Å². The second kappa shape index (κ2) is 3.70. The molecular formula is C11H13NO2. The minimum atomic E-state index is 0.669. The van der Waals surface area contributed by atoms with Crippen molar-refractivity contribution in [3.63, 3.8) is 0 Å². The summed E-state index contributed by atoms with van der Waals surface area (Å²) in [5.41, 5.74) is 2.44. The summed E-state index contributed by atoms with van der Waals surface area (Å²) in [4.78, 5) is 12.4. The molecule has 0 saturated carbocycles. The van der Waals surface area contributed by atoms with Crippen LogP contribution in [0.4, 0.5) is 0 Å². The molecule has 0 N–H and O–H groups in total. The fourth-order valence-corrected chi connectivity index (χ4v) is 1.85. The number of carbonyl (C=O) groups excluding carboxylic acids is 1. The number of nitrogens with zero attached hydrogens (tertiary/aromatic N) is 1. The summed E-state index contributed by atoms with van der Waals surface area (Å²) < 4.78 is 5.26. The van der Waals surface area contributed by atoms with Crippen molar-refractivity contribution in [1.29, 1.82) is 0 Å². The van der Waals surface area contributed by atoms with Gasteiger partial charge in [-0.15, -0.1) is 0 Å². The number of hydrogen-bond acceptors (Lipinski definition) is 2. The molecule has 3 nitrogen and oxygen atoms in total. The molecule has 1 aromatic carbocycles. The Kier molecular flexibility index (Phi) is 2.39. The highest BCUT2D eigenvalue weighted by Gasteiger charge is 2.17. The highest BCUT2D eigenvalue weighted by Crippen LogP contribution is 2.27. The number of ether oxygens (including phenoxy) is 1. The Morgan fingerprint density at radius 3 is 3.07 bits per heavy atom. The van der Waals surface area contributed by atoms with E-state index in [9.17, 15) is 4.79 Å². The highest BCUT2D eigenvalue weighted by molar-refractivity contribution is 5.51. The molecule has 0 radical (unpaired) electrons. The summed E-state index contributed by atoms with van der Waals surface area (Å²) in [5, 5.41) is 0. The predicted octanol–water partition coefficient (Wildman–Crippen LogP) is 1.21. The van der Waals surface area contributed by atoms with Gasteiger partial charge in [-0.05, 0) is 18.1 Å². The Bertz CT molecular complexity index is 335. The molecule has 14 heavy (non-hydrogen) atoms. The molecule has 0 saturated heterocycles. The Morgan fingerprint density at radius 1 is 1.50 bits per heavy atom. The number of fused-ring (bicyclic) bond motifs is 1. The molecule has 1 amide bonds. The Balaban J connectivity index is 2.37. The van der Waals surface area contributed by atoms with E-state index in [0.29, 0.717) is 6.54 Å². The number of carbonyl (C=O) groups is 1. The van der Waals surface area contributed by atoms with Gasteiger partial charge >= 0.3 is 0 Å². The lowest BCUT2D eigenvalue weighted by Gasteiger charge is -2.26. The van der Waals surface area contributed by atoms with Gasteiger partial charge in [0.2, 0.25) is 6.41 Å². The van der Waals surface area contributed by atoms with E-state index in [0.717, 1.165) is 30.7 Å². The molecule has 0 aliphatic carbocycles. The number of hydrogen-bond donors (Lipinski definition) is 0. The quantitative estimate of drug-likeness (QED) is 0.657. The molecule has 0 aromatic heterocycles. The smallest absolute Gasteiger partial charge is 0.210 e. The average molecular weight is 191 g/mol. The SMILES string of the molecule is COc1cccc2c1CN(C=O)CC2. The van der Waals surface area contributed by atoms with Gasteiger partial charge in [0.25, 0.3) is 0 Å². The van der Waals surface area contributed by atoms with E-state index in [1.807, 2.05) is 12.1 Å². The van der Waals surface area contributed by atoms with Gasteiger partial charge in [0, 0.05) is 18.7 Å². The molecule has 0 fully saturated rings. The standard InChI is InChI=1S/C11H13NO2/c1-14-11-4-2-3-9-5-6-12(8-13)7-10(9)11/h2-4,8H,5-7H2,1H3. The zero-order chi connectivity index (χ0) is 9.97. The molecule has 1 heterocycles. The van der Waals surface area contributed by atoms with E-state index in [4.69, 9.17) is 4.74 Å². The third-order valence-electron chi connectivity index (χ3n) is 2.63. The van der Waals surface area contributed by atoms with E-state index < -0.39 is 0 Å². The molecule has 3 heteroatoms. The first kappa shape index (κ1) is 9.06. The van der Waals surface area contributed by atoms with Gasteiger partial charge in [0.05, 0.1) is 7.11 Å². The Hall–Kier alpha value is -1.51. The highest BCUT2D eigenvalue weighted by atomic mass is 16.5. The summed E-state index contributed by atoms with van der Waals surface area (Å²) in [6.07, 6.45) is 1.82. The van der Waals surface area contributed by atoms with Gasteiger partial charge in [0.1, 0.15) is 5.75 Å². The molecule has 1 aromatic rings. The first-order chi connectivity index (χ1) is 6.85. The molecule has 2 rings (SSSR count). The monoisotopic (exact) mass is 191 g/mol. The van der Waals surface area contributed by atoms with Crippen LogP contribution in [0.25, 0.3) is 0 Å². The van der Waals surface area contributed by atoms with Crippen LogP contribution < -0.4 is 4.74 Å². The maximum absolute atomic E-state index is 10.7. The first-order valence-electron chi connectivity index (χ1n) is 4.69. The summed E-state index contributed by atoms with van der Waals surface area (Å²) >= 11 is 0. The van der Waals surface area contributed by atoms with Gasteiger partial charge < -0.3 is 9.64 Å². The van der Waals surface area contributed by atoms with Crippen LogP contribution in [0, 0.1) is 0 Å². The minimum absolute atomic E-state index is 0.669. The van der Waals surface area contributed by atoms with Crippen LogP contribution >= 0.6 is 0 Å². The van der Waals surface area contributed by atoms with Gasteiger partial charge in [-0.2, -0.15) is 0 Å². The molecule has 74 valence electrons. The van der Waals surface area contributed by atoms with Crippen molar-refractivity contribution in [3.05, 3.63) is 29.3 Å². The van der Waals surface area contributed by atoms with Crippen LogP contribution in [0.3, 0.4) is 0 Å². The largest absolute Gasteiger partial charge is 0.496 e. The normalized spacial score (nSPS) is 14.8. The number of methoxy groups -OCH3 is 1. The zero-order valence-electron chi connectivity index (χ0n) is 8.19. The number of benzene rings is 1. The third kappa shape index (κ3) is 1.45. The zero-order valence-corrected chi connectivity index (χ0v) is 8.19. The lowest BCUT2D eigenvalue weighted by Crippen LogP contribution is -2.29. The number of amides is 1. The lowest BCUT2D eigenvalue weighted by molar-refractivity contribution is -0.118. The van der Waals surface area contributed by atoms with Crippen molar-refractivity contribution < 1.29 is 9.53 Å². The topological polar surface area (TPSA) is 29.5 Å². The third-order valence-corrected chi connectivity index (χ3v) is 2.63. The summed E-state index contributed by atoms with van der Waals surface area (Å²) in [6, 6.07) is 6.03. The van der Waals surface area contributed by atoms with E-state index in [1.165, 1.54) is 5.56 Å². The second-order valence-corrected chi connectivity index (χ2v) is 3.42. The van der Waals surface area contributed by atoms with Gasteiger partial charge in [-0.1, -0.05) is 12.1 Å². The van der Waals surface area contributed by atoms with Crippen molar-refractivity contribution in [2.24, 2.45) is 0 Å². The average Bonchev–Trinajstić information content (AvgIpc) is 2.27. The fourth-order valence-electron chi connectivity index (χ4n) is 1.85. The molecule has 0 spiro atoms. The van der Waals surface area contributed by atoms with Gasteiger partial charge in [0.15, 0.2) is 0 Å². The van der Waals surface area contributed by atoms with Gasteiger partial charge in [-0.3, -0.25) is 4.79 Å². The molecule has 0 bridgehead atoms. The fraction of sp³-hybridized carbons (Fsp3) is 0.364. The van der Waals surface area contributed by atoms with Crippen LogP contribution in [-0.4, -0.2) is 25.0 Å². The number of rotatable bonds is 2. The van der Waals surface area contributed by atoms with Crippen LogP contribution in [-0.2, 0) is 17.8 Å². The maximum Gasteiger partial charge on any atom is 0.210 e. The Morgan fingerprint density at radius 2 is 2.36 bits per heavy atom. The van der Waals surface area contributed by atoms with E-state index in [2.05, 4.69) is 6.07 Å². The van der Waals surface area contributed by atoms with Crippen molar-refractivity contribution in [2.45, 2.75) is 13.0 Å².